The van der Waals surface area contributed by atoms with Gasteiger partial charge in [0.05, 0.1) is 27.4 Å². The third-order valence-electron chi connectivity index (χ3n) is 5.31. The van der Waals surface area contributed by atoms with E-state index in [4.69, 9.17) is 14.2 Å². The van der Waals surface area contributed by atoms with Gasteiger partial charge in [-0.05, 0) is 40.8 Å². The molecule has 6 nitrogen and oxygen atoms in total. The zero-order valence-corrected chi connectivity index (χ0v) is 22.4. The molecule has 0 spiro atoms. The largest absolute Gasteiger partial charge is 0.493 e. The second-order valence-corrected chi connectivity index (χ2v) is 7.54. The number of guanidine groups is 1. The molecule has 0 aliphatic carbocycles. The molecule has 0 atom stereocenters. The minimum Gasteiger partial charge on any atom is -0.493 e. The normalized spacial score (nSPS) is 10.9. The quantitative estimate of drug-likeness (QED) is 0.193. The Bertz CT molecular complexity index is 1030. The lowest BCUT2D eigenvalue weighted by Gasteiger charge is -2.15. The van der Waals surface area contributed by atoms with Gasteiger partial charge in [0.15, 0.2) is 17.5 Å². The van der Waals surface area contributed by atoms with E-state index in [-0.39, 0.29) is 24.0 Å². The van der Waals surface area contributed by atoms with Gasteiger partial charge < -0.3 is 24.8 Å². The van der Waals surface area contributed by atoms with Crippen molar-refractivity contribution in [1.29, 1.82) is 0 Å². The average Bonchev–Trinajstić information content (AvgIpc) is 2.87. The van der Waals surface area contributed by atoms with Gasteiger partial charge in [-0.3, -0.25) is 4.99 Å². The van der Waals surface area contributed by atoms with Crippen LogP contribution in [0.5, 0.6) is 11.5 Å². The van der Waals surface area contributed by atoms with E-state index in [1.807, 2.05) is 48.5 Å². The van der Waals surface area contributed by atoms with Crippen molar-refractivity contribution in [2.45, 2.75) is 26.2 Å². The highest BCUT2D eigenvalue weighted by Gasteiger charge is 2.06. The van der Waals surface area contributed by atoms with Crippen LogP contribution in [0.2, 0.25) is 0 Å². The van der Waals surface area contributed by atoms with E-state index >= 15 is 0 Å². The molecule has 0 heterocycles. The van der Waals surface area contributed by atoms with Gasteiger partial charge in [-0.15, -0.1) is 24.0 Å². The number of ether oxygens (including phenoxy) is 3. The summed E-state index contributed by atoms with van der Waals surface area (Å²) in [7, 11) is 5.07. The van der Waals surface area contributed by atoms with Gasteiger partial charge in [-0.25, -0.2) is 0 Å². The molecule has 0 bridgehead atoms. The Morgan fingerprint density at radius 1 is 0.765 bits per heavy atom. The Morgan fingerprint density at radius 3 is 2.18 bits per heavy atom. The topological polar surface area (TPSA) is 64.1 Å². The second kappa shape index (κ2) is 15.2. The predicted molar refractivity (Wildman–Crippen MR) is 148 cm³/mol. The Hall–Kier alpha value is -2.78. The van der Waals surface area contributed by atoms with Gasteiger partial charge in [0.25, 0.3) is 0 Å². The van der Waals surface area contributed by atoms with Crippen LogP contribution in [0.3, 0.4) is 0 Å². The molecule has 7 heteroatoms. The van der Waals surface area contributed by atoms with Crippen LogP contribution in [0.1, 0.15) is 22.3 Å². The summed E-state index contributed by atoms with van der Waals surface area (Å²) >= 11 is 0. The zero-order valence-electron chi connectivity index (χ0n) is 20.0. The number of nitrogens with one attached hydrogen (secondary N) is 2. The molecule has 3 aromatic carbocycles. The predicted octanol–water partition coefficient (Wildman–Crippen LogP) is 4.95. The van der Waals surface area contributed by atoms with Crippen LogP contribution in [0.4, 0.5) is 0 Å². The molecular weight excluding hydrogens is 541 g/mol. The molecule has 0 unspecified atom stereocenters. The highest BCUT2D eigenvalue weighted by molar-refractivity contribution is 14.0. The van der Waals surface area contributed by atoms with Gasteiger partial charge in [-0.2, -0.15) is 0 Å². The number of methoxy groups -OCH3 is 2. The molecule has 34 heavy (non-hydrogen) atoms. The van der Waals surface area contributed by atoms with Crippen LogP contribution in [0.15, 0.2) is 77.8 Å². The summed E-state index contributed by atoms with van der Waals surface area (Å²) in [5, 5.41) is 6.77. The molecule has 0 aromatic heterocycles. The number of hydrogen-bond acceptors (Lipinski definition) is 4. The Labute approximate surface area is 219 Å². The van der Waals surface area contributed by atoms with Crippen molar-refractivity contribution in [2.75, 3.05) is 27.8 Å². The van der Waals surface area contributed by atoms with Crippen molar-refractivity contribution in [3.8, 4) is 11.5 Å². The summed E-state index contributed by atoms with van der Waals surface area (Å²) in [5.74, 6) is 2.23. The summed E-state index contributed by atoms with van der Waals surface area (Å²) in [6.45, 7) is 2.58. The molecule has 2 N–H and O–H groups in total. The van der Waals surface area contributed by atoms with Gasteiger partial charge in [0.2, 0.25) is 0 Å². The maximum Gasteiger partial charge on any atom is 0.191 e. The molecule has 0 aliphatic heterocycles. The maximum atomic E-state index is 5.94. The lowest BCUT2D eigenvalue weighted by Crippen LogP contribution is -2.38. The SMILES string of the molecule is CN=C(NCCc1ccc(OC)c(OC)c1)NCc1ccccc1COCc1ccccc1.I. The lowest BCUT2D eigenvalue weighted by atomic mass is 10.1. The molecule has 0 saturated heterocycles. The van der Waals surface area contributed by atoms with Crippen molar-refractivity contribution in [3.05, 3.63) is 95.1 Å². The number of rotatable bonds is 11. The van der Waals surface area contributed by atoms with Crippen LogP contribution < -0.4 is 20.1 Å². The summed E-state index contributed by atoms with van der Waals surface area (Å²) in [6.07, 6.45) is 0.838. The fraction of sp³-hybridized carbons (Fsp3) is 0.296. The van der Waals surface area contributed by atoms with E-state index in [2.05, 4.69) is 39.9 Å². The first kappa shape index (κ1) is 27.5. The van der Waals surface area contributed by atoms with Crippen LogP contribution in [0, 0.1) is 0 Å². The van der Waals surface area contributed by atoms with E-state index in [0.29, 0.717) is 19.8 Å². The standard InChI is InChI=1S/C27H33N3O3.HI/c1-28-27(29-16-15-21-13-14-25(31-2)26(17-21)32-3)30-18-23-11-7-8-12-24(23)20-33-19-22-9-5-4-6-10-22;/h4-14,17H,15-16,18-20H2,1-3H3,(H2,28,29,30);1H. The van der Waals surface area contributed by atoms with Crippen molar-refractivity contribution in [2.24, 2.45) is 4.99 Å². The molecule has 0 radical (unpaired) electrons. The van der Waals surface area contributed by atoms with Gasteiger partial charge in [-0.1, -0.05) is 60.7 Å². The molecule has 0 saturated carbocycles. The fourth-order valence-electron chi connectivity index (χ4n) is 3.48. The van der Waals surface area contributed by atoms with E-state index in [1.54, 1.807) is 21.3 Å². The third kappa shape index (κ3) is 8.53. The number of hydrogen-bond donors (Lipinski definition) is 2. The van der Waals surface area contributed by atoms with E-state index in [0.717, 1.165) is 36.0 Å². The lowest BCUT2D eigenvalue weighted by molar-refractivity contribution is 0.106. The summed E-state index contributed by atoms with van der Waals surface area (Å²) in [6, 6.07) is 24.5. The summed E-state index contributed by atoms with van der Waals surface area (Å²) < 4.78 is 16.6. The van der Waals surface area contributed by atoms with E-state index < -0.39 is 0 Å². The average molecular weight is 575 g/mol. The number of aliphatic imine (C=N–C) groups is 1. The van der Waals surface area contributed by atoms with Crippen molar-refractivity contribution in [3.63, 3.8) is 0 Å². The Balaban J connectivity index is 0.00000408. The van der Waals surface area contributed by atoms with Crippen molar-refractivity contribution in [1.82, 2.24) is 10.6 Å². The molecule has 3 aromatic rings. The Morgan fingerprint density at radius 2 is 1.47 bits per heavy atom. The minimum absolute atomic E-state index is 0. The first-order valence-corrected chi connectivity index (χ1v) is 11.1. The highest BCUT2D eigenvalue weighted by atomic mass is 127. The second-order valence-electron chi connectivity index (χ2n) is 7.54. The molecular formula is C27H34IN3O3. The van der Waals surface area contributed by atoms with Crippen LogP contribution in [-0.4, -0.2) is 33.8 Å². The first-order chi connectivity index (χ1) is 16.2. The number of benzene rings is 3. The van der Waals surface area contributed by atoms with Gasteiger partial charge in [0, 0.05) is 20.1 Å². The number of nitrogens with zero attached hydrogens (tertiary/aromatic N) is 1. The molecule has 0 aliphatic rings. The van der Waals surface area contributed by atoms with Crippen LogP contribution >= 0.6 is 24.0 Å². The number of halogens is 1. The summed E-state index contributed by atoms with van der Waals surface area (Å²) in [4.78, 5) is 4.35. The Kier molecular flexibility index (Phi) is 12.3. The maximum absolute atomic E-state index is 5.94. The zero-order chi connectivity index (χ0) is 23.3. The molecule has 3 rings (SSSR count). The van der Waals surface area contributed by atoms with Crippen LogP contribution in [-0.2, 0) is 30.9 Å². The minimum atomic E-state index is 0. The van der Waals surface area contributed by atoms with Crippen molar-refractivity contribution >= 4 is 29.9 Å². The van der Waals surface area contributed by atoms with Gasteiger partial charge >= 0.3 is 0 Å². The molecule has 182 valence electrons. The smallest absolute Gasteiger partial charge is 0.191 e. The van der Waals surface area contributed by atoms with Crippen LogP contribution in [0.25, 0.3) is 0 Å². The van der Waals surface area contributed by atoms with E-state index in [9.17, 15) is 0 Å². The van der Waals surface area contributed by atoms with Gasteiger partial charge in [0.1, 0.15) is 0 Å². The first-order valence-electron chi connectivity index (χ1n) is 11.1. The van der Waals surface area contributed by atoms with E-state index in [1.165, 1.54) is 16.7 Å². The summed E-state index contributed by atoms with van der Waals surface area (Å²) in [5.41, 5.74) is 4.69. The molecule has 0 amide bonds. The monoisotopic (exact) mass is 575 g/mol. The molecule has 0 fully saturated rings. The highest BCUT2D eigenvalue weighted by Crippen LogP contribution is 2.27. The van der Waals surface area contributed by atoms with Crippen molar-refractivity contribution < 1.29 is 14.2 Å². The third-order valence-corrected chi connectivity index (χ3v) is 5.31. The fourth-order valence-corrected chi connectivity index (χ4v) is 3.48.